The number of carbonyl (C=O) groups excluding carboxylic acids is 3. The Morgan fingerprint density at radius 1 is 1.13 bits per heavy atom. The van der Waals surface area contributed by atoms with E-state index in [0.29, 0.717) is 43.7 Å². The Kier molecular flexibility index (Phi) is 8.77. The Bertz CT molecular complexity index is 818. The molecule has 1 saturated heterocycles. The van der Waals surface area contributed by atoms with E-state index in [-0.39, 0.29) is 17.4 Å². The molecule has 1 aliphatic heterocycles. The number of thioether (sulfide) groups is 1. The van der Waals surface area contributed by atoms with Crippen molar-refractivity contribution in [1.82, 2.24) is 9.80 Å². The second-order valence-electron chi connectivity index (χ2n) is 7.18. The molecule has 1 fully saturated rings. The van der Waals surface area contributed by atoms with Gasteiger partial charge in [0, 0.05) is 13.1 Å². The van der Waals surface area contributed by atoms with E-state index < -0.39 is 11.1 Å². The molecule has 0 aromatic heterocycles. The van der Waals surface area contributed by atoms with Crippen molar-refractivity contribution in [3.8, 4) is 11.5 Å². The lowest BCUT2D eigenvalue weighted by Crippen LogP contribution is -2.41. The molecule has 0 radical (unpaired) electrons. The summed E-state index contributed by atoms with van der Waals surface area (Å²) in [6.07, 6.45) is 1.64. The standard InChI is InChI=1S/C22H30N2O5S/c1-6-23(7-2)20(25)13-24-21(26)19(30-22(24)27)12-16-9-10-17(29-14-15(4)5)18(11-16)28-8-3/h9-12,15H,6-8,13-14H2,1-5H3/b19-12-. The highest BCUT2D eigenvalue weighted by atomic mass is 32.2. The number of nitrogens with zero attached hydrogens (tertiary/aromatic N) is 2. The van der Waals surface area contributed by atoms with Crippen molar-refractivity contribution in [2.45, 2.75) is 34.6 Å². The third-order valence-electron chi connectivity index (χ3n) is 4.42. The molecular formula is C22H30N2O5S. The summed E-state index contributed by atoms with van der Waals surface area (Å²) in [4.78, 5) is 40.2. The first-order chi connectivity index (χ1) is 14.3. The van der Waals surface area contributed by atoms with Gasteiger partial charge in [0.1, 0.15) is 6.54 Å². The van der Waals surface area contributed by atoms with E-state index in [1.54, 1.807) is 23.1 Å². The molecule has 0 atom stereocenters. The zero-order valence-electron chi connectivity index (χ0n) is 18.3. The Morgan fingerprint density at radius 3 is 2.43 bits per heavy atom. The SMILES string of the molecule is CCOc1cc(/C=C2\SC(=O)N(CC(=O)N(CC)CC)C2=O)ccc1OCC(C)C. The molecule has 7 nitrogen and oxygen atoms in total. The van der Waals surface area contributed by atoms with Crippen LogP contribution in [-0.2, 0) is 9.59 Å². The van der Waals surface area contributed by atoms with Gasteiger partial charge in [0.2, 0.25) is 5.91 Å². The van der Waals surface area contributed by atoms with Crippen LogP contribution in [0.25, 0.3) is 6.08 Å². The molecular weight excluding hydrogens is 404 g/mol. The highest BCUT2D eigenvalue weighted by Crippen LogP contribution is 2.34. The van der Waals surface area contributed by atoms with Crippen molar-refractivity contribution in [3.63, 3.8) is 0 Å². The van der Waals surface area contributed by atoms with Gasteiger partial charge in [0.05, 0.1) is 18.1 Å². The van der Waals surface area contributed by atoms with Crippen LogP contribution in [0.4, 0.5) is 4.79 Å². The number of rotatable bonds is 10. The molecule has 0 bridgehead atoms. The van der Waals surface area contributed by atoms with E-state index in [4.69, 9.17) is 9.47 Å². The van der Waals surface area contributed by atoms with Gasteiger partial charge >= 0.3 is 0 Å². The molecule has 1 aliphatic rings. The molecule has 1 aromatic rings. The molecule has 0 aliphatic carbocycles. The summed E-state index contributed by atoms with van der Waals surface area (Å²) in [6.45, 7) is 11.6. The van der Waals surface area contributed by atoms with Crippen molar-refractivity contribution < 1.29 is 23.9 Å². The number of imide groups is 1. The normalized spacial score (nSPS) is 15.3. The maximum atomic E-state index is 12.7. The van der Waals surface area contributed by atoms with Crippen LogP contribution in [0.15, 0.2) is 23.1 Å². The molecule has 0 N–H and O–H groups in total. The van der Waals surface area contributed by atoms with Crippen LogP contribution in [0.3, 0.4) is 0 Å². The molecule has 8 heteroatoms. The van der Waals surface area contributed by atoms with Gasteiger partial charge in [0.25, 0.3) is 11.1 Å². The highest BCUT2D eigenvalue weighted by molar-refractivity contribution is 8.18. The summed E-state index contributed by atoms with van der Waals surface area (Å²) in [5.41, 5.74) is 0.718. The van der Waals surface area contributed by atoms with Crippen LogP contribution >= 0.6 is 11.8 Å². The first kappa shape index (κ1) is 23.8. The summed E-state index contributed by atoms with van der Waals surface area (Å²) < 4.78 is 11.5. The smallest absolute Gasteiger partial charge is 0.294 e. The average molecular weight is 435 g/mol. The summed E-state index contributed by atoms with van der Waals surface area (Å²) in [5.74, 6) is 0.908. The Labute approximate surface area is 182 Å². The van der Waals surface area contributed by atoms with E-state index in [9.17, 15) is 14.4 Å². The molecule has 30 heavy (non-hydrogen) atoms. The largest absolute Gasteiger partial charge is 0.490 e. The molecule has 1 aromatic carbocycles. The van der Waals surface area contributed by atoms with Crippen LogP contribution in [0.5, 0.6) is 11.5 Å². The van der Waals surface area contributed by atoms with Gasteiger partial charge in [-0.3, -0.25) is 19.3 Å². The van der Waals surface area contributed by atoms with E-state index in [2.05, 4.69) is 13.8 Å². The minimum Gasteiger partial charge on any atom is -0.490 e. The number of ether oxygens (including phenoxy) is 2. The molecule has 164 valence electrons. The summed E-state index contributed by atoms with van der Waals surface area (Å²) in [5, 5.41) is -0.436. The van der Waals surface area contributed by atoms with Gasteiger partial charge in [-0.2, -0.15) is 0 Å². The lowest BCUT2D eigenvalue weighted by Gasteiger charge is -2.21. The van der Waals surface area contributed by atoms with Gasteiger partial charge in [-0.1, -0.05) is 19.9 Å². The quantitative estimate of drug-likeness (QED) is 0.518. The van der Waals surface area contributed by atoms with Gasteiger partial charge in [-0.05, 0) is 62.2 Å². The number of hydrogen-bond donors (Lipinski definition) is 0. The lowest BCUT2D eigenvalue weighted by atomic mass is 10.1. The molecule has 2 rings (SSSR count). The van der Waals surface area contributed by atoms with Crippen molar-refractivity contribution in [2.75, 3.05) is 32.8 Å². The second kappa shape index (κ2) is 11.1. The number of likely N-dealkylation sites (N-methyl/N-ethyl adjacent to an activating group) is 1. The Hall–Kier alpha value is -2.48. The molecule has 0 saturated carbocycles. The Balaban J connectivity index is 2.19. The minimum atomic E-state index is -0.455. The van der Waals surface area contributed by atoms with Gasteiger partial charge in [-0.15, -0.1) is 0 Å². The van der Waals surface area contributed by atoms with Crippen molar-refractivity contribution in [3.05, 3.63) is 28.7 Å². The maximum absolute atomic E-state index is 12.7. The fourth-order valence-electron chi connectivity index (χ4n) is 2.86. The monoisotopic (exact) mass is 434 g/mol. The molecule has 1 heterocycles. The van der Waals surface area contributed by atoms with Crippen LogP contribution in [0.2, 0.25) is 0 Å². The zero-order chi connectivity index (χ0) is 22.3. The number of amides is 3. The maximum Gasteiger partial charge on any atom is 0.294 e. The first-order valence-electron chi connectivity index (χ1n) is 10.2. The number of hydrogen-bond acceptors (Lipinski definition) is 6. The fourth-order valence-corrected chi connectivity index (χ4v) is 3.70. The second-order valence-corrected chi connectivity index (χ2v) is 8.17. The molecule has 0 unspecified atom stereocenters. The van der Waals surface area contributed by atoms with Crippen LogP contribution in [0, 0.1) is 5.92 Å². The van der Waals surface area contributed by atoms with Crippen LogP contribution in [-0.4, -0.2) is 59.7 Å². The summed E-state index contributed by atoms with van der Waals surface area (Å²) in [6, 6.07) is 5.40. The summed E-state index contributed by atoms with van der Waals surface area (Å²) in [7, 11) is 0. The number of benzene rings is 1. The first-order valence-corrected chi connectivity index (χ1v) is 11.0. The predicted molar refractivity (Wildman–Crippen MR) is 119 cm³/mol. The van der Waals surface area contributed by atoms with Crippen LogP contribution in [0.1, 0.15) is 40.2 Å². The molecule has 3 amide bonds. The lowest BCUT2D eigenvalue weighted by molar-refractivity contribution is -0.135. The average Bonchev–Trinajstić information content (AvgIpc) is 2.96. The minimum absolute atomic E-state index is 0.240. The van der Waals surface area contributed by atoms with E-state index in [0.717, 1.165) is 22.2 Å². The van der Waals surface area contributed by atoms with Gasteiger partial charge in [-0.25, -0.2) is 0 Å². The fraction of sp³-hybridized carbons (Fsp3) is 0.500. The van der Waals surface area contributed by atoms with Crippen molar-refractivity contribution in [2.24, 2.45) is 5.92 Å². The third kappa shape index (κ3) is 6.01. The van der Waals surface area contributed by atoms with E-state index in [1.165, 1.54) is 0 Å². The van der Waals surface area contributed by atoms with Crippen molar-refractivity contribution >= 4 is 34.9 Å². The molecule has 0 spiro atoms. The van der Waals surface area contributed by atoms with E-state index in [1.807, 2.05) is 26.8 Å². The van der Waals surface area contributed by atoms with Crippen molar-refractivity contribution in [1.29, 1.82) is 0 Å². The Morgan fingerprint density at radius 2 is 1.83 bits per heavy atom. The zero-order valence-corrected chi connectivity index (χ0v) is 19.1. The topological polar surface area (TPSA) is 76.2 Å². The van der Waals surface area contributed by atoms with Gasteiger partial charge in [0.15, 0.2) is 11.5 Å². The van der Waals surface area contributed by atoms with Gasteiger partial charge < -0.3 is 14.4 Å². The van der Waals surface area contributed by atoms with E-state index >= 15 is 0 Å². The summed E-state index contributed by atoms with van der Waals surface area (Å²) >= 11 is 0.839. The third-order valence-corrected chi connectivity index (χ3v) is 5.33. The number of carbonyl (C=O) groups is 3. The highest BCUT2D eigenvalue weighted by Gasteiger charge is 2.36. The predicted octanol–water partition coefficient (Wildman–Crippen LogP) is 4.02. The van der Waals surface area contributed by atoms with Crippen LogP contribution < -0.4 is 9.47 Å².